The van der Waals surface area contributed by atoms with Crippen molar-refractivity contribution in [3.8, 4) is 11.6 Å². The highest BCUT2D eigenvalue weighted by Gasteiger charge is 2.19. The van der Waals surface area contributed by atoms with Crippen molar-refractivity contribution >= 4 is 28.6 Å². The molecule has 0 saturated carbocycles. The van der Waals surface area contributed by atoms with Gasteiger partial charge in [0.2, 0.25) is 11.8 Å². The molecule has 0 spiro atoms. The summed E-state index contributed by atoms with van der Waals surface area (Å²) in [4.78, 5) is 29.4. The number of anilines is 1. The first-order valence-corrected chi connectivity index (χ1v) is 9.73. The quantitative estimate of drug-likeness (QED) is 0.579. The molecule has 2 aromatic heterocycles. The summed E-state index contributed by atoms with van der Waals surface area (Å²) in [5.41, 5.74) is 4.13. The van der Waals surface area contributed by atoms with E-state index in [9.17, 15) is 9.59 Å². The van der Waals surface area contributed by atoms with Gasteiger partial charge in [-0.1, -0.05) is 0 Å². The van der Waals surface area contributed by atoms with Gasteiger partial charge in [0, 0.05) is 19.2 Å². The van der Waals surface area contributed by atoms with Gasteiger partial charge >= 0.3 is 5.97 Å². The number of benzene rings is 1. The van der Waals surface area contributed by atoms with Gasteiger partial charge in [-0.3, -0.25) is 4.79 Å². The summed E-state index contributed by atoms with van der Waals surface area (Å²) in [6.45, 7) is 3.89. The summed E-state index contributed by atoms with van der Waals surface area (Å²) in [7, 11) is 6.18. The first kappa shape index (κ1) is 22.1. The highest BCUT2D eigenvalue weighted by atomic mass is 16.5. The zero-order valence-electron chi connectivity index (χ0n) is 18.5. The highest BCUT2D eigenvalue weighted by molar-refractivity contribution is 6.01. The van der Waals surface area contributed by atoms with E-state index in [1.54, 1.807) is 23.9 Å². The molecule has 0 aliphatic carbocycles. The van der Waals surface area contributed by atoms with Gasteiger partial charge in [0.05, 0.1) is 38.0 Å². The van der Waals surface area contributed by atoms with Gasteiger partial charge in [-0.2, -0.15) is 0 Å². The van der Waals surface area contributed by atoms with Crippen LogP contribution in [0.25, 0.3) is 11.0 Å². The van der Waals surface area contributed by atoms with Crippen molar-refractivity contribution < 1.29 is 23.8 Å². The van der Waals surface area contributed by atoms with Crippen LogP contribution in [0.3, 0.4) is 0 Å². The number of carbonyl (C=O) groups excluding carboxylic acids is 2. The SMILES string of the molecule is COC(=O)c1cc(OC)ccc1NC(=O)CCc1c(C)nc2c(c(OC)nn2C)c1C. The minimum atomic E-state index is -0.556. The summed E-state index contributed by atoms with van der Waals surface area (Å²) < 4.78 is 17.0. The van der Waals surface area contributed by atoms with Gasteiger partial charge in [-0.15, -0.1) is 5.10 Å². The fraction of sp³-hybridized carbons (Fsp3) is 0.364. The largest absolute Gasteiger partial charge is 0.497 e. The van der Waals surface area contributed by atoms with Crippen LogP contribution in [0.1, 0.15) is 33.6 Å². The van der Waals surface area contributed by atoms with E-state index < -0.39 is 5.97 Å². The van der Waals surface area contributed by atoms with Crippen LogP contribution in [0.5, 0.6) is 11.6 Å². The van der Waals surface area contributed by atoms with E-state index in [1.807, 2.05) is 20.9 Å². The van der Waals surface area contributed by atoms with Crippen LogP contribution in [0.4, 0.5) is 5.69 Å². The van der Waals surface area contributed by atoms with E-state index in [0.29, 0.717) is 23.7 Å². The zero-order chi connectivity index (χ0) is 22.7. The molecule has 0 radical (unpaired) electrons. The Morgan fingerprint density at radius 3 is 2.52 bits per heavy atom. The Hall–Kier alpha value is -3.62. The Morgan fingerprint density at radius 1 is 1.13 bits per heavy atom. The lowest BCUT2D eigenvalue weighted by molar-refractivity contribution is -0.116. The molecule has 0 saturated heterocycles. The Balaban J connectivity index is 1.82. The van der Waals surface area contributed by atoms with E-state index in [-0.39, 0.29) is 17.9 Å². The molecule has 0 aliphatic rings. The van der Waals surface area contributed by atoms with Crippen molar-refractivity contribution in [2.75, 3.05) is 26.6 Å². The van der Waals surface area contributed by atoms with Gasteiger partial charge in [0.15, 0.2) is 5.65 Å². The van der Waals surface area contributed by atoms with Crippen LogP contribution in [0, 0.1) is 13.8 Å². The predicted octanol–water partition coefficient (Wildman–Crippen LogP) is 2.96. The Kier molecular flexibility index (Phi) is 6.43. The molecule has 1 aromatic carbocycles. The second-order valence-corrected chi connectivity index (χ2v) is 7.08. The molecule has 0 aliphatic heterocycles. The monoisotopic (exact) mass is 426 g/mol. The topological polar surface area (TPSA) is 105 Å². The molecule has 1 N–H and O–H groups in total. The van der Waals surface area contributed by atoms with E-state index in [0.717, 1.165) is 27.9 Å². The van der Waals surface area contributed by atoms with Gasteiger partial charge < -0.3 is 19.5 Å². The number of pyridine rings is 1. The summed E-state index contributed by atoms with van der Waals surface area (Å²) >= 11 is 0. The van der Waals surface area contributed by atoms with Crippen LogP contribution in [-0.4, -0.2) is 48.0 Å². The molecule has 0 bridgehead atoms. The standard InChI is InChI=1S/C22H26N4O5/c1-12-15(13(2)23-20-19(12)21(30-5)25-26(20)3)8-10-18(27)24-17-9-7-14(29-4)11-16(17)22(28)31-6/h7,9,11H,8,10H2,1-6H3,(H,24,27). The Labute approximate surface area is 180 Å². The number of aryl methyl sites for hydroxylation is 3. The second-order valence-electron chi connectivity index (χ2n) is 7.08. The maximum atomic E-state index is 12.7. The summed E-state index contributed by atoms with van der Waals surface area (Å²) in [6, 6.07) is 4.82. The number of esters is 1. The first-order valence-electron chi connectivity index (χ1n) is 9.73. The number of aromatic nitrogens is 3. The van der Waals surface area contributed by atoms with E-state index in [2.05, 4.69) is 15.4 Å². The van der Waals surface area contributed by atoms with Crippen molar-refractivity contribution in [2.45, 2.75) is 26.7 Å². The van der Waals surface area contributed by atoms with Crippen molar-refractivity contribution in [2.24, 2.45) is 7.05 Å². The molecule has 1 amide bonds. The van der Waals surface area contributed by atoms with Crippen LogP contribution >= 0.6 is 0 Å². The second kappa shape index (κ2) is 9.03. The van der Waals surface area contributed by atoms with Crippen molar-refractivity contribution in [3.63, 3.8) is 0 Å². The van der Waals surface area contributed by atoms with E-state index >= 15 is 0 Å². The van der Waals surface area contributed by atoms with E-state index in [4.69, 9.17) is 14.2 Å². The van der Waals surface area contributed by atoms with Gasteiger partial charge in [0.1, 0.15) is 5.75 Å². The van der Waals surface area contributed by atoms with Crippen LogP contribution in [0.2, 0.25) is 0 Å². The van der Waals surface area contributed by atoms with Gasteiger partial charge in [-0.25, -0.2) is 14.5 Å². The average Bonchev–Trinajstić information content (AvgIpc) is 3.08. The molecule has 9 nitrogen and oxygen atoms in total. The smallest absolute Gasteiger partial charge is 0.340 e. The van der Waals surface area contributed by atoms with E-state index in [1.165, 1.54) is 20.3 Å². The number of methoxy groups -OCH3 is 3. The minimum Gasteiger partial charge on any atom is -0.497 e. The summed E-state index contributed by atoms with van der Waals surface area (Å²) in [6.07, 6.45) is 0.693. The number of ether oxygens (including phenoxy) is 3. The van der Waals surface area contributed by atoms with Gasteiger partial charge in [0.25, 0.3) is 0 Å². The zero-order valence-corrected chi connectivity index (χ0v) is 18.5. The van der Waals surface area contributed by atoms with Crippen molar-refractivity contribution in [1.29, 1.82) is 0 Å². The number of nitrogens with one attached hydrogen (secondary N) is 1. The van der Waals surface area contributed by atoms with Crippen molar-refractivity contribution in [1.82, 2.24) is 14.8 Å². The third-order valence-corrected chi connectivity index (χ3v) is 5.22. The number of nitrogens with zero attached hydrogens (tertiary/aromatic N) is 3. The third kappa shape index (κ3) is 4.30. The lowest BCUT2D eigenvalue weighted by Crippen LogP contribution is -2.16. The third-order valence-electron chi connectivity index (χ3n) is 5.22. The Bertz CT molecular complexity index is 1150. The highest BCUT2D eigenvalue weighted by Crippen LogP contribution is 2.30. The molecule has 3 rings (SSSR count). The average molecular weight is 426 g/mol. The lowest BCUT2D eigenvalue weighted by Gasteiger charge is -2.13. The maximum Gasteiger partial charge on any atom is 0.340 e. The number of rotatable bonds is 7. The molecule has 2 heterocycles. The lowest BCUT2D eigenvalue weighted by atomic mass is 10.00. The molecule has 9 heteroatoms. The molecular weight excluding hydrogens is 400 g/mol. The first-order chi connectivity index (χ1) is 14.8. The Morgan fingerprint density at radius 2 is 1.87 bits per heavy atom. The van der Waals surface area contributed by atoms with Crippen LogP contribution in [-0.2, 0) is 23.0 Å². The number of carbonyl (C=O) groups is 2. The van der Waals surface area contributed by atoms with Gasteiger partial charge in [-0.05, 0) is 49.6 Å². The number of fused-ring (bicyclic) bond motifs is 1. The summed E-state index contributed by atoms with van der Waals surface area (Å²) in [5, 5.41) is 7.98. The molecule has 164 valence electrons. The molecule has 3 aromatic rings. The number of hydrogen-bond donors (Lipinski definition) is 1. The number of hydrogen-bond acceptors (Lipinski definition) is 7. The fourth-order valence-electron chi connectivity index (χ4n) is 3.60. The van der Waals surface area contributed by atoms with Crippen LogP contribution in [0.15, 0.2) is 18.2 Å². The number of amides is 1. The van der Waals surface area contributed by atoms with Crippen LogP contribution < -0.4 is 14.8 Å². The molecule has 0 unspecified atom stereocenters. The minimum absolute atomic E-state index is 0.212. The maximum absolute atomic E-state index is 12.7. The molecule has 31 heavy (non-hydrogen) atoms. The molecule has 0 fully saturated rings. The molecule has 0 atom stereocenters. The normalized spacial score (nSPS) is 10.8. The predicted molar refractivity (Wildman–Crippen MR) is 116 cm³/mol. The van der Waals surface area contributed by atoms with Crippen molar-refractivity contribution in [3.05, 3.63) is 40.6 Å². The summed E-state index contributed by atoms with van der Waals surface area (Å²) in [5.74, 6) is 0.218. The fourth-order valence-corrected chi connectivity index (χ4v) is 3.60. The molecular formula is C22H26N4O5.